The number of carbonyl (C=O) groups is 1. The van der Waals surface area contributed by atoms with Crippen molar-refractivity contribution in [1.82, 2.24) is 10.6 Å². The van der Waals surface area contributed by atoms with Gasteiger partial charge in [0.15, 0.2) is 17.3 Å². The third kappa shape index (κ3) is 2.67. The Balaban J connectivity index is 1.48. The molecular weight excluding hydrogens is 311 g/mol. The van der Waals surface area contributed by atoms with Crippen molar-refractivity contribution < 1.29 is 18.3 Å². The number of rotatable bonds is 4. The number of furan rings is 1. The maximum atomic E-state index is 13.8. The summed E-state index contributed by atoms with van der Waals surface area (Å²) in [6.07, 6.45) is 3.25. The minimum atomic E-state index is -0.467. The van der Waals surface area contributed by atoms with Crippen molar-refractivity contribution in [3.8, 4) is 17.1 Å². The monoisotopic (exact) mass is 330 g/mol. The van der Waals surface area contributed by atoms with E-state index >= 15 is 0 Å². The largest absolute Gasteiger partial charge is 0.494 e. The maximum absolute atomic E-state index is 13.8. The number of ether oxygens (including phenoxy) is 1. The van der Waals surface area contributed by atoms with Gasteiger partial charge >= 0.3 is 0 Å². The van der Waals surface area contributed by atoms with Gasteiger partial charge in [0.2, 0.25) is 0 Å². The van der Waals surface area contributed by atoms with Gasteiger partial charge in [-0.2, -0.15) is 0 Å². The van der Waals surface area contributed by atoms with Crippen LogP contribution in [0.1, 0.15) is 29.8 Å². The summed E-state index contributed by atoms with van der Waals surface area (Å²) < 4.78 is 24.3. The standard InChI is InChI=1S/C18H19FN2O3/c1-23-16-5-2-10(8-12(16)19)15-6-7-17(24-15)18(22)21-14-9-11-3-4-13(14)20-11/h2,5-8,11,13-14,20H,3-4,9H2,1H3,(H,21,22). The lowest BCUT2D eigenvalue weighted by Crippen LogP contribution is -2.42. The number of nitrogens with one attached hydrogen (secondary N) is 2. The van der Waals surface area contributed by atoms with Gasteiger partial charge in [0.05, 0.1) is 7.11 Å². The summed E-state index contributed by atoms with van der Waals surface area (Å²) in [5.74, 6) is 0.170. The Labute approximate surface area is 139 Å². The summed E-state index contributed by atoms with van der Waals surface area (Å²) in [5.41, 5.74) is 0.564. The molecule has 0 saturated carbocycles. The van der Waals surface area contributed by atoms with E-state index in [0.717, 1.165) is 12.8 Å². The summed E-state index contributed by atoms with van der Waals surface area (Å²) >= 11 is 0. The normalized spacial score (nSPS) is 25.0. The molecule has 2 aliphatic heterocycles. The zero-order chi connectivity index (χ0) is 16.7. The first kappa shape index (κ1) is 15.2. The van der Waals surface area contributed by atoms with Crippen LogP contribution >= 0.6 is 0 Å². The van der Waals surface area contributed by atoms with E-state index < -0.39 is 5.82 Å². The van der Waals surface area contributed by atoms with Crippen molar-refractivity contribution in [3.05, 3.63) is 41.9 Å². The third-order valence-electron chi connectivity index (χ3n) is 4.88. The SMILES string of the molecule is COc1ccc(-c2ccc(C(=O)NC3CC4CCC3N4)o2)cc1F. The van der Waals surface area contributed by atoms with Crippen molar-refractivity contribution in [2.24, 2.45) is 0 Å². The number of amides is 1. The third-order valence-corrected chi connectivity index (χ3v) is 4.88. The van der Waals surface area contributed by atoms with Crippen LogP contribution in [0.5, 0.6) is 5.75 Å². The molecule has 3 unspecified atom stereocenters. The Morgan fingerprint density at radius 1 is 1.33 bits per heavy atom. The zero-order valence-corrected chi connectivity index (χ0v) is 13.3. The van der Waals surface area contributed by atoms with Gasteiger partial charge in [-0.3, -0.25) is 4.79 Å². The van der Waals surface area contributed by atoms with Gasteiger partial charge in [-0.1, -0.05) is 0 Å². The Morgan fingerprint density at radius 2 is 2.21 bits per heavy atom. The van der Waals surface area contributed by atoms with Gasteiger partial charge in [0.1, 0.15) is 5.76 Å². The quantitative estimate of drug-likeness (QED) is 0.905. The van der Waals surface area contributed by atoms with E-state index in [1.807, 2.05) is 0 Å². The van der Waals surface area contributed by atoms with Crippen LogP contribution < -0.4 is 15.4 Å². The molecule has 2 fully saturated rings. The van der Waals surface area contributed by atoms with E-state index in [-0.39, 0.29) is 23.5 Å². The van der Waals surface area contributed by atoms with Crippen LogP contribution in [-0.4, -0.2) is 31.1 Å². The average Bonchev–Trinajstić information content (AvgIpc) is 3.31. The molecular formula is C18H19FN2O3. The van der Waals surface area contributed by atoms with Crippen LogP contribution in [0.2, 0.25) is 0 Å². The van der Waals surface area contributed by atoms with Crippen molar-refractivity contribution in [2.45, 2.75) is 37.4 Å². The maximum Gasteiger partial charge on any atom is 0.287 e. The van der Waals surface area contributed by atoms with Gasteiger partial charge in [-0.15, -0.1) is 0 Å². The summed E-state index contributed by atoms with van der Waals surface area (Å²) in [5, 5.41) is 6.52. The summed E-state index contributed by atoms with van der Waals surface area (Å²) in [6.45, 7) is 0. The summed E-state index contributed by atoms with van der Waals surface area (Å²) in [7, 11) is 1.41. The zero-order valence-electron chi connectivity index (χ0n) is 13.3. The van der Waals surface area contributed by atoms with Crippen LogP contribution in [0.15, 0.2) is 34.7 Å². The molecule has 1 aromatic carbocycles. The Morgan fingerprint density at radius 3 is 2.88 bits per heavy atom. The fraction of sp³-hybridized carbons (Fsp3) is 0.389. The van der Waals surface area contributed by atoms with Gasteiger partial charge in [0, 0.05) is 23.7 Å². The molecule has 126 valence electrons. The van der Waals surface area contributed by atoms with E-state index in [1.54, 1.807) is 18.2 Å². The number of carbonyl (C=O) groups excluding carboxylic acids is 1. The molecule has 2 saturated heterocycles. The van der Waals surface area contributed by atoms with Gasteiger partial charge < -0.3 is 19.8 Å². The molecule has 0 aliphatic carbocycles. The topological polar surface area (TPSA) is 63.5 Å². The Hall–Kier alpha value is -2.34. The lowest BCUT2D eigenvalue weighted by Gasteiger charge is -2.20. The van der Waals surface area contributed by atoms with Gasteiger partial charge in [0.25, 0.3) is 5.91 Å². The molecule has 4 rings (SSSR count). The second-order valence-corrected chi connectivity index (χ2v) is 6.38. The number of benzene rings is 1. The predicted molar refractivity (Wildman–Crippen MR) is 86.5 cm³/mol. The number of halogens is 1. The molecule has 1 amide bonds. The first-order valence-electron chi connectivity index (χ1n) is 8.14. The van der Waals surface area contributed by atoms with E-state index in [1.165, 1.54) is 25.7 Å². The molecule has 2 aliphatic rings. The van der Waals surface area contributed by atoms with Crippen LogP contribution in [0, 0.1) is 5.82 Å². The molecule has 2 N–H and O–H groups in total. The van der Waals surface area contributed by atoms with E-state index in [0.29, 0.717) is 23.4 Å². The first-order chi connectivity index (χ1) is 11.6. The molecule has 2 aromatic rings. The Kier molecular flexibility index (Phi) is 3.76. The highest BCUT2D eigenvalue weighted by Gasteiger charge is 2.39. The molecule has 2 bridgehead atoms. The van der Waals surface area contributed by atoms with Crippen molar-refractivity contribution in [1.29, 1.82) is 0 Å². The molecule has 3 heterocycles. The second kappa shape index (κ2) is 5.94. The lowest BCUT2D eigenvalue weighted by molar-refractivity contribution is 0.0903. The number of hydrogen-bond acceptors (Lipinski definition) is 4. The molecule has 3 atom stereocenters. The van der Waals surface area contributed by atoms with Crippen molar-refractivity contribution in [3.63, 3.8) is 0 Å². The Bertz CT molecular complexity index is 773. The second-order valence-electron chi connectivity index (χ2n) is 6.38. The number of fused-ring (bicyclic) bond motifs is 2. The number of methoxy groups -OCH3 is 1. The van der Waals surface area contributed by atoms with Crippen LogP contribution in [0.3, 0.4) is 0 Å². The molecule has 24 heavy (non-hydrogen) atoms. The van der Waals surface area contributed by atoms with Crippen LogP contribution in [0.4, 0.5) is 4.39 Å². The lowest BCUT2D eigenvalue weighted by atomic mass is 9.95. The summed E-state index contributed by atoms with van der Waals surface area (Å²) in [6, 6.07) is 8.90. The van der Waals surface area contributed by atoms with E-state index in [4.69, 9.17) is 9.15 Å². The van der Waals surface area contributed by atoms with Crippen LogP contribution in [0.25, 0.3) is 11.3 Å². The minimum Gasteiger partial charge on any atom is -0.494 e. The minimum absolute atomic E-state index is 0.156. The first-order valence-corrected chi connectivity index (χ1v) is 8.14. The molecule has 6 heteroatoms. The van der Waals surface area contributed by atoms with Crippen molar-refractivity contribution in [2.75, 3.05) is 7.11 Å². The fourth-order valence-corrected chi connectivity index (χ4v) is 3.66. The van der Waals surface area contributed by atoms with E-state index in [2.05, 4.69) is 10.6 Å². The predicted octanol–water partition coefficient (Wildman–Crippen LogP) is 2.72. The molecule has 0 spiro atoms. The highest BCUT2D eigenvalue weighted by Crippen LogP contribution is 2.29. The average molecular weight is 330 g/mol. The van der Waals surface area contributed by atoms with Gasteiger partial charge in [-0.25, -0.2) is 4.39 Å². The van der Waals surface area contributed by atoms with Crippen LogP contribution in [-0.2, 0) is 0 Å². The molecule has 5 nitrogen and oxygen atoms in total. The fourth-order valence-electron chi connectivity index (χ4n) is 3.66. The molecule has 0 radical (unpaired) electrons. The summed E-state index contributed by atoms with van der Waals surface area (Å²) in [4.78, 5) is 12.4. The molecule has 1 aromatic heterocycles. The highest BCUT2D eigenvalue weighted by molar-refractivity contribution is 5.92. The smallest absolute Gasteiger partial charge is 0.287 e. The van der Waals surface area contributed by atoms with Crippen molar-refractivity contribution >= 4 is 5.91 Å². The van der Waals surface area contributed by atoms with Gasteiger partial charge in [-0.05, 0) is 49.6 Å². The van der Waals surface area contributed by atoms with E-state index in [9.17, 15) is 9.18 Å². The highest BCUT2D eigenvalue weighted by atomic mass is 19.1. The number of hydrogen-bond donors (Lipinski definition) is 2.